The van der Waals surface area contributed by atoms with E-state index in [9.17, 15) is 9.59 Å². The second-order valence-corrected chi connectivity index (χ2v) is 8.17. The minimum absolute atomic E-state index is 0.0612. The maximum atomic E-state index is 12.3. The first-order valence-corrected chi connectivity index (χ1v) is 8.86. The van der Waals surface area contributed by atoms with Crippen molar-refractivity contribution in [1.29, 1.82) is 0 Å². The highest BCUT2D eigenvalue weighted by molar-refractivity contribution is 8.14. The molecule has 1 unspecified atom stereocenters. The molecule has 1 atom stereocenters. The number of esters is 1. The summed E-state index contributed by atoms with van der Waals surface area (Å²) in [5.41, 5.74) is 1.02. The fourth-order valence-electron chi connectivity index (χ4n) is 2.98. The van der Waals surface area contributed by atoms with Crippen molar-refractivity contribution in [2.24, 2.45) is 5.41 Å². The Morgan fingerprint density at radius 1 is 1.36 bits per heavy atom. The summed E-state index contributed by atoms with van der Waals surface area (Å²) in [5, 5.41) is 0.767. The van der Waals surface area contributed by atoms with E-state index in [1.807, 2.05) is 10.4 Å². The third kappa shape index (κ3) is 2.49. The number of carbonyl (C=O) groups is 2. The molecule has 1 fully saturated rings. The number of nitrogens with zero attached hydrogens (tertiary/aromatic N) is 1. The zero-order valence-corrected chi connectivity index (χ0v) is 14.0. The van der Waals surface area contributed by atoms with Crippen molar-refractivity contribution in [3.63, 3.8) is 0 Å². The molecule has 0 aromatic carbocycles. The number of piperidine rings is 1. The van der Waals surface area contributed by atoms with Crippen LogP contribution < -0.4 is 0 Å². The second kappa shape index (κ2) is 5.57. The van der Waals surface area contributed by atoms with Crippen molar-refractivity contribution in [2.45, 2.75) is 33.1 Å². The lowest BCUT2D eigenvalue weighted by molar-refractivity contribution is -0.138. The molecule has 3 rings (SSSR count). The quantitative estimate of drug-likeness (QED) is 0.578. The SMILES string of the molecule is COC(=O)C1=CC=C2C(=S(N3CCCCC3=O)CC2(C)C)O1. The molecule has 22 heavy (non-hydrogen) atoms. The van der Waals surface area contributed by atoms with Crippen LogP contribution in [-0.2, 0) is 19.1 Å². The van der Waals surface area contributed by atoms with Gasteiger partial charge in [-0.2, -0.15) is 0 Å². The molecule has 0 N–H and O–H groups in total. The van der Waals surface area contributed by atoms with Crippen molar-refractivity contribution in [3.05, 3.63) is 23.5 Å². The average molecular weight is 323 g/mol. The lowest BCUT2D eigenvalue weighted by atomic mass is 9.86. The number of fused-ring (bicyclic) bond motifs is 1. The summed E-state index contributed by atoms with van der Waals surface area (Å²) in [6.07, 6.45) is 6.20. The van der Waals surface area contributed by atoms with Gasteiger partial charge in [-0.25, -0.2) is 4.79 Å². The van der Waals surface area contributed by atoms with Gasteiger partial charge in [0.2, 0.25) is 11.7 Å². The number of hydrogen-bond acceptors (Lipinski definition) is 4. The molecule has 1 amide bonds. The molecule has 0 bridgehead atoms. The Balaban J connectivity index is 2.00. The van der Waals surface area contributed by atoms with Gasteiger partial charge in [-0.3, -0.25) is 9.10 Å². The lowest BCUT2D eigenvalue weighted by Gasteiger charge is -2.30. The Morgan fingerprint density at radius 2 is 2.14 bits per heavy atom. The van der Waals surface area contributed by atoms with Gasteiger partial charge in [0.1, 0.15) is 0 Å². The van der Waals surface area contributed by atoms with Crippen molar-refractivity contribution in [1.82, 2.24) is 4.31 Å². The largest absolute Gasteiger partial charge is 0.463 e. The summed E-state index contributed by atoms with van der Waals surface area (Å²) in [6.45, 7) is 5.08. The summed E-state index contributed by atoms with van der Waals surface area (Å²) >= 11 is 0. The third-order valence-electron chi connectivity index (χ3n) is 4.20. The molecule has 1 saturated heterocycles. The Kier molecular flexibility index (Phi) is 3.89. The normalized spacial score (nSPS) is 26.9. The minimum Gasteiger partial charge on any atom is -0.463 e. The van der Waals surface area contributed by atoms with Crippen molar-refractivity contribution in [3.8, 4) is 0 Å². The smallest absolute Gasteiger partial charge is 0.373 e. The Labute approximate surface area is 133 Å². The summed E-state index contributed by atoms with van der Waals surface area (Å²) in [5.74, 6) is 0.751. The van der Waals surface area contributed by atoms with Gasteiger partial charge in [-0.15, -0.1) is 0 Å². The maximum absolute atomic E-state index is 12.3. The first kappa shape index (κ1) is 15.3. The number of methoxy groups -OCH3 is 1. The number of hydrogen-bond donors (Lipinski definition) is 0. The van der Waals surface area contributed by atoms with Crippen LogP contribution >= 0.6 is 10.7 Å². The molecule has 0 aromatic rings. The number of amides is 1. The molecule has 3 heterocycles. The van der Waals surface area contributed by atoms with Crippen LogP contribution in [0.2, 0.25) is 0 Å². The summed E-state index contributed by atoms with van der Waals surface area (Å²) in [6, 6.07) is 0. The molecular weight excluding hydrogens is 302 g/mol. The first-order valence-electron chi connectivity index (χ1n) is 7.51. The van der Waals surface area contributed by atoms with E-state index < -0.39 is 16.6 Å². The zero-order valence-electron chi connectivity index (χ0n) is 13.2. The highest BCUT2D eigenvalue weighted by Gasteiger charge is 2.42. The topological polar surface area (TPSA) is 55.8 Å². The van der Waals surface area contributed by atoms with Crippen LogP contribution in [-0.4, -0.2) is 40.6 Å². The van der Waals surface area contributed by atoms with Gasteiger partial charge < -0.3 is 9.47 Å². The fourth-order valence-corrected chi connectivity index (χ4v) is 5.78. The van der Waals surface area contributed by atoms with Crippen LogP contribution in [0.1, 0.15) is 33.1 Å². The van der Waals surface area contributed by atoms with E-state index >= 15 is 0 Å². The predicted octanol–water partition coefficient (Wildman–Crippen LogP) is 2.37. The molecular formula is C16H21NO4S. The molecule has 0 radical (unpaired) electrons. The summed E-state index contributed by atoms with van der Waals surface area (Å²) < 4.78 is 12.6. The molecule has 0 aliphatic carbocycles. The summed E-state index contributed by atoms with van der Waals surface area (Å²) in [7, 11) is 0.929. The van der Waals surface area contributed by atoms with Crippen LogP contribution in [0.5, 0.6) is 0 Å². The highest BCUT2D eigenvalue weighted by atomic mass is 32.2. The molecule has 0 saturated carbocycles. The Bertz CT molecular complexity index is 630. The van der Waals surface area contributed by atoms with E-state index in [1.165, 1.54) is 7.11 Å². The van der Waals surface area contributed by atoms with E-state index in [0.717, 1.165) is 35.8 Å². The van der Waals surface area contributed by atoms with Crippen molar-refractivity contribution in [2.75, 3.05) is 19.4 Å². The van der Waals surface area contributed by atoms with Gasteiger partial charge >= 0.3 is 5.97 Å². The number of carbonyl (C=O) groups excluding carboxylic acids is 2. The fraction of sp³-hybridized carbons (Fsp3) is 0.562. The molecule has 3 aliphatic rings. The van der Waals surface area contributed by atoms with Crippen LogP contribution in [0.3, 0.4) is 0 Å². The van der Waals surface area contributed by atoms with E-state index in [4.69, 9.17) is 9.47 Å². The first-order chi connectivity index (χ1) is 10.4. The van der Waals surface area contributed by atoms with Gasteiger partial charge in [0.25, 0.3) is 0 Å². The van der Waals surface area contributed by atoms with Gasteiger partial charge in [-0.05, 0) is 29.6 Å². The Morgan fingerprint density at radius 3 is 2.82 bits per heavy atom. The second-order valence-electron chi connectivity index (χ2n) is 6.34. The third-order valence-corrected chi connectivity index (χ3v) is 6.84. The number of rotatable bonds is 2. The molecule has 120 valence electrons. The van der Waals surface area contributed by atoms with Crippen LogP contribution in [0.4, 0.5) is 0 Å². The molecule has 5 nitrogen and oxygen atoms in total. The van der Waals surface area contributed by atoms with Crippen molar-refractivity contribution >= 4 is 27.6 Å². The van der Waals surface area contributed by atoms with Crippen LogP contribution in [0.15, 0.2) is 23.5 Å². The van der Waals surface area contributed by atoms with E-state index in [1.54, 1.807) is 6.08 Å². The molecule has 0 aromatic heterocycles. The van der Waals surface area contributed by atoms with Gasteiger partial charge in [0.05, 0.1) is 7.11 Å². The molecule has 0 spiro atoms. The lowest BCUT2D eigenvalue weighted by Crippen LogP contribution is -2.32. The van der Waals surface area contributed by atoms with Gasteiger partial charge in [-0.1, -0.05) is 19.9 Å². The van der Waals surface area contributed by atoms with Crippen LogP contribution in [0.25, 0.3) is 0 Å². The van der Waals surface area contributed by atoms with E-state index in [0.29, 0.717) is 6.42 Å². The molecule has 3 aliphatic heterocycles. The molecule has 6 heteroatoms. The van der Waals surface area contributed by atoms with E-state index in [2.05, 4.69) is 13.8 Å². The van der Waals surface area contributed by atoms with Crippen molar-refractivity contribution < 1.29 is 19.1 Å². The van der Waals surface area contributed by atoms with Gasteiger partial charge in [0.15, 0.2) is 5.05 Å². The highest BCUT2D eigenvalue weighted by Crippen LogP contribution is 2.48. The average Bonchev–Trinajstić information content (AvgIpc) is 2.78. The standard InChI is InChI=1S/C16H21NO4S/c1-16(2)10-22(17-9-5-4-6-13(17)18)15-11(16)7-8-12(21-15)14(19)20-3/h7-8H,4-6,9-10H2,1-3H3. The number of allylic oxidation sites excluding steroid dienone is 2. The van der Waals surface area contributed by atoms with Crippen LogP contribution in [0, 0.1) is 5.41 Å². The van der Waals surface area contributed by atoms with E-state index in [-0.39, 0.29) is 17.1 Å². The number of ether oxygens (including phenoxy) is 2. The minimum atomic E-state index is -0.485. The predicted molar refractivity (Wildman–Crippen MR) is 86.1 cm³/mol. The monoisotopic (exact) mass is 323 g/mol. The van der Waals surface area contributed by atoms with Gasteiger partial charge in [0, 0.05) is 29.7 Å². The zero-order chi connectivity index (χ0) is 15.9. The Hall–Kier alpha value is -1.56. The summed E-state index contributed by atoms with van der Waals surface area (Å²) in [4.78, 5) is 24.0. The maximum Gasteiger partial charge on any atom is 0.373 e.